The molecule has 1 aliphatic carbocycles. The molecule has 0 fully saturated rings. The summed E-state index contributed by atoms with van der Waals surface area (Å²) in [5.74, 6) is -4.20. The third-order valence-electron chi connectivity index (χ3n) is 4.77. The van der Waals surface area contributed by atoms with Gasteiger partial charge in [-0.3, -0.25) is 4.79 Å². The van der Waals surface area contributed by atoms with E-state index in [4.69, 9.17) is 14.9 Å². The van der Waals surface area contributed by atoms with Crippen molar-refractivity contribution in [2.24, 2.45) is 5.92 Å². The van der Waals surface area contributed by atoms with Crippen molar-refractivity contribution in [3.63, 3.8) is 0 Å². The van der Waals surface area contributed by atoms with Gasteiger partial charge in [0.15, 0.2) is 0 Å². The van der Waals surface area contributed by atoms with Crippen molar-refractivity contribution < 1.29 is 29.3 Å². The number of amides is 1. The maximum atomic E-state index is 12.1. The zero-order chi connectivity index (χ0) is 19.6. The molecular formula is C20H19NO6. The monoisotopic (exact) mass is 369 g/mol. The molecule has 7 heteroatoms. The van der Waals surface area contributed by atoms with Gasteiger partial charge in [0, 0.05) is 5.92 Å². The number of rotatable bonds is 6. The molecule has 2 aromatic rings. The molecule has 0 saturated carbocycles. The van der Waals surface area contributed by atoms with Crippen LogP contribution in [0.4, 0.5) is 4.79 Å². The lowest BCUT2D eigenvalue weighted by atomic mass is 9.98. The summed E-state index contributed by atoms with van der Waals surface area (Å²) in [5, 5.41) is 20.3. The SMILES string of the molecule is C[C@@H](C(=O)O)[C@H](NC(=O)OCC1c2ccccc2-c2ccccc21)C(=O)O. The van der Waals surface area contributed by atoms with Gasteiger partial charge < -0.3 is 20.3 Å². The zero-order valence-corrected chi connectivity index (χ0v) is 14.6. The molecule has 1 aliphatic rings. The van der Waals surface area contributed by atoms with Crippen LogP contribution in [0.1, 0.15) is 24.0 Å². The van der Waals surface area contributed by atoms with Gasteiger partial charge in [-0.2, -0.15) is 0 Å². The molecule has 0 saturated heterocycles. The number of ether oxygens (including phenoxy) is 1. The van der Waals surface area contributed by atoms with Crippen molar-refractivity contribution in [2.75, 3.05) is 6.61 Å². The van der Waals surface area contributed by atoms with E-state index in [1.165, 1.54) is 6.92 Å². The molecule has 140 valence electrons. The number of aliphatic carboxylic acids is 2. The topological polar surface area (TPSA) is 113 Å². The summed E-state index contributed by atoms with van der Waals surface area (Å²) in [6, 6.07) is 14.1. The number of nitrogens with one attached hydrogen (secondary N) is 1. The lowest BCUT2D eigenvalue weighted by molar-refractivity contribution is -0.150. The number of carboxylic acid groups (broad SMARTS) is 2. The number of carbonyl (C=O) groups excluding carboxylic acids is 1. The van der Waals surface area contributed by atoms with E-state index in [0.717, 1.165) is 22.3 Å². The molecular weight excluding hydrogens is 350 g/mol. The number of carboxylic acids is 2. The van der Waals surface area contributed by atoms with E-state index in [9.17, 15) is 14.4 Å². The first-order valence-corrected chi connectivity index (χ1v) is 8.47. The van der Waals surface area contributed by atoms with E-state index in [1.807, 2.05) is 48.5 Å². The Balaban J connectivity index is 1.72. The maximum Gasteiger partial charge on any atom is 0.407 e. The lowest BCUT2D eigenvalue weighted by Crippen LogP contribution is -2.47. The summed E-state index contributed by atoms with van der Waals surface area (Å²) >= 11 is 0. The fourth-order valence-electron chi connectivity index (χ4n) is 3.31. The summed E-state index contributed by atoms with van der Waals surface area (Å²) in [6.07, 6.45) is -0.961. The third kappa shape index (κ3) is 3.62. The van der Waals surface area contributed by atoms with E-state index >= 15 is 0 Å². The molecule has 0 spiro atoms. The Morgan fingerprint density at radius 3 is 1.96 bits per heavy atom. The van der Waals surface area contributed by atoms with Gasteiger partial charge >= 0.3 is 18.0 Å². The van der Waals surface area contributed by atoms with Crippen molar-refractivity contribution in [1.29, 1.82) is 0 Å². The predicted octanol–water partition coefficient (Wildman–Crippen LogP) is 2.70. The van der Waals surface area contributed by atoms with Crippen molar-refractivity contribution in [1.82, 2.24) is 5.32 Å². The first-order chi connectivity index (χ1) is 12.9. The number of hydrogen-bond donors (Lipinski definition) is 3. The summed E-state index contributed by atoms with van der Waals surface area (Å²) in [7, 11) is 0. The minimum absolute atomic E-state index is 0.0215. The molecule has 7 nitrogen and oxygen atoms in total. The quantitative estimate of drug-likeness (QED) is 0.722. The van der Waals surface area contributed by atoms with Crippen molar-refractivity contribution >= 4 is 18.0 Å². The van der Waals surface area contributed by atoms with Crippen LogP contribution < -0.4 is 5.32 Å². The second-order valence-electron chi connectivity index (χ2n) is 6.41. The molecule has 1 amide bonds. The van der Waals surface area contributed by atoms with E-state index in [2.05, 4.69) is 5.32 Å². The summed E-state index contributed by atoms with van der Waals surface area (Å²) in [6.45, 7) is 1.23. The highest BCUT2D eigenvalue weighted by Gasteiger charge is 2.33. The largest absolute Gasteiger partial charge is 0.481 e. The third-order valence-corrected chi connectivity index (χ3v) is 4.77. The van der Waals surface area contributed by atoms with Gasteiger partial charge in [-0.15, -0.1) is 0 Å². The molecule has 0 heterocycles. The van der Waals surface area contributed by atoms with Crippen LogP contribution in [0.15, 0.2) is 48.5 Å². The van der Waals surface area contributed by atoms with Crippen LogP contribution >= 0.6 is 0 Å². The van der Waals surface area contributed by atoms with Crippen LogP contribution in [0.3, 0.4) is 0 Å². The van der Waals surface area contributed by atoms with Crippen LogP contribution in [0.5, 0.6) is 0 Å². The number of fused-ring (bicyclic) bond motifs is 3. The standard InChI is InChI=1S/C20H19NO6/c1-11(18(22)23)17(19(24)25)21-20(26)27-10-16-14-8-4-2-6-12(14)13-7-3-5-9-15(13)16/h2-9,11,16-17H,10H2,1H3,(H,21,26)(H,22,23)(H,24,25)/t11-,17+/m1/s1. The van der Waals surface area contributed by atoms with Crippen LogP contribution in [-0.2, 0) is 14.3 Å². The first kappa shape index (κ1) is 18.4. The molecule has 2 atom stereocenters. The van der Waals surface area contributed by atoms with Crippen molar-refractivity contribution in [3.8, 4) is 11.1 Å². The molecule has 0 unspecified atom stereocenters. The highest BCUT2D eigenvalue weighted by atomic mass is 16.5. The van der Waals surface area contributed by atoms with E-state index in [0.29, 0.717) is 0 Å². The predicted molar refractivity (Wildman–Crippen MR) is 96.4 cm³/mol. The normalized spacial score (nSPS) is 14.6. The van der Waals surface area contributed by atoms with Gasteiger partial charge in [0.25, 0.3) is 0 Å². The number of alkyl carbamates (subject to hydrolysis) is 1. The van der Waals surface area contributed by atoms with Gasteiger partial charge in [-0.05, 0) is 29.2 Å². The van der Waals surface area contributed by atoms with Gasteiger partial charge in [-0.25, -0.2) is 9.59 Å². The maximum absolute atomic E-state index is 12.1. The fraction of sp³-hybridized carbons (Fsp3) is 0.250. The summed E-state index contributed by atoms with van der Waals surface area (Å²) in [4.78, 5) is 34.3. The van der Waals surface area contributed by atoms with Gasteiger partial charge in [0.1, 0.15) is 12.6 Å². The Labute approximate surface area is 155 Å². The average Bonchev–Trinajstić information content (AvgIpc) is 2.97. The van der Waals surface area contributed by atoms with Gasteiger partial charge in [0.2, 0.25) is 0 Å². The Kier molecular flexibility index (Phi) is 5.12. The van der Waals surface area contributed by atoms with Crippen LogP contribution in [0, 0.1) is 5.92 Å². The smallest absolute Gasteiger partial charge is 0.407 e. The minimum atomic E-state index is -1.57. The minimum Gasteiger partial charge on any atom is -0.481 e. The average molecular weight is 369 g/mol. The molecule has 0 bridgehead atoms. The van der Waals surface area contributed by atoms with Crippen molar-refractivity contribution in [3.05, 3.63) is 59.7 Å². The van der Waals surface area contributed by atoms with Crippen LogP contribution in [0.2, 0.25) is 0 Å². The Bertz CT molecular complexity index is 848. The molecule has 2 aromatic carbocycles. The Hall–Kier alpha value is -3.35. The number of hydrogen-bond acceptors (Lipinski definition) is 4. The number of carbonyl (C=O) groups is 3. The highest BCUT2D eigenvalue weighted by molar-refractivity contribution is 5.86. The summed E-state index contributed by atoms with van der Waals surface area (Å²) in [5.41, 5.74) is 4.20. The van der Waals surface area contributed by atoms with E-state index in [-0.39, 0.29) is 12.5 Å². The lowest BCUT2D eigenvalue weighted by Gasteiger charge is -2.19. The Morgan fingerprint density at radius 1 is 0.963 bits per heavy atom. The van der Waals surface area contributed by atoms with E-state index in [1.54, 1.807) is 0 Å². The molecule has 0 aliphatic heterocycles. The molecule has 3 rings (SSSR count). The van der Waals surface area contributed by atoms with Gasteiger partial charge in [-0.1, -0.05) is 48.5 Å². The molecule has 0 aromatic heterocycles. The molecule has 0 radical (unpaired) electrons. The van der Waals surface area contributed by atoms with Crippen LogP contribution in [0.25, 0.3) is 11.1 Å². The van der Waals surface area contributed by atoms with Gasteiger partial charge in [0.05, 0.1) is 5.92 Å². The molecule has 3 N–H and O–H groups in total. The zero-order valence-electron chi connectivity index (χ0n) is 14.6. The fourth-order valence-corrected chi connectivity index (χ4v) is 3.31. The second kappa shape index (κ2) is 7.49. The summed E-state index contributed by atoms with van der Waals surface area (Å²) < 4.78 is 5.24. The highest BCUT2D eigenvalue weighted by Crippen LogP contribution is 2.44. The first-order valence-electron chi connectivity index (χ1n) is 8.47. The van der Waals surface area contributed by atoms with Crippen molar-refractivity contribution in [2.45, 2.75) is 18.9 Å². The van der Waals surface area contributed by atoms with E-state index < -0.39 is 30.0 Å². The number of benzene rings is 2. The molecule has 27 heavy (non-hydrogen) atoms. The Morgan fingerprint density at radius 2 is 1.48 bits per heavy atom. The second-order valence-corrected chi connectivity index (χ2v) is 6.41. The van der Waals surface area contributed by atoms with Crippen LogP contribution in [-0.4, -0.2) is 40.9 Å².